The van der Waals surface area contributed by atoms with Gasteiger partial charge in [-0.1, -0.05) is 18.2 Å². The average molecular weight is 286 g/mol. The first-order valence-electron chi connectivity index (χ1n) is 7.81. The second kappa shape index (κ2) is 5.88. The molecule has 2 aliphatic rings. The first-order valence-corrected chi connectivity index (χ1v) is 7.81. The molecule has 1 fully saturated rings. The van der Waals surface area contributed by atoms with E-state index in [1.165, 1.54) is 5.56 Å². The van der Waals surface area contributed by atoms with Gasteiger partial charge in [-0.25, -0.2) is 0 Å². The fraction of sp³-hybridized carbons (Fsp3) is 0.529. The highest BCUT2D eigenvalue weighted by atomic mass is 16.2. The molecule has 0 aliphatic carbocycles. The van der Waals surface area contributed by atoms with E-state index in [0.717, 1.165) is 44.5 Å². The Labute approximate surface area is 125 Å². The quantitative estimate of drug-likeness (QED) is 0.794. The molecule has 1 aromatic rings. The van der Waals surface area contributed by atoms with Crippen LogP contribution in [-0.2, 0) is 16.0 Å². The minimum Gasteiger partial charge on any atom is -0.342 e. The van der Waals surface area contributed by atoms with Crippen LogP contribution in [0, 0.1) is 5.92 Å². The van der Waals surface area contributed by atoms with Gasteiger partial charge in [0.15, 0.2) is 0 Å². The molecule has 1 atom stereocenters. The van der Waals surface area contributed by atoms with Crippen LogP contribution in [0.25, 0.3) is 0 Å². The van der Waals surface area contributed by atoms with Crippen molar-refractivity contribution in [2.24, 2.45) is 5.92 Å². The van der Waals surface area contributed by atoms with Gasteiger partial charge in [0.25, 0.3) is 0 Å². The topological polar surface area (TPSA) is 40.6 Å². The zero-order valence-corrected chi connectivity index (χ0v) is 12.5. The third-order valence-corrected chi connectivity index (χ3v) is 4.59. The fourth-order valence-electron chi connectivity index (χ4n) is 3.45. The number of hydrogen-bond donors (Lipinski definition) is 0. The maximum Gasteiger partial charge on any atom is 0.231 e. The molecule has 2 heterocycles. The minimum absolute atomic E-state index is 0.0474. The maximum absolute atomic E-state index is 12.9. The summed E-state index contributed by atoms with van der Waals surface area (Å²) in [4.78, 5) is 28.2. The number of fused-ring (bicyclic) bond motifs is 1. The van der Waals surface area contributed by atoms with Crippen molar-refractivity contribution in [1.82, 2.24) is 4.90 Å². The van der Waals surface area contributed by atoms with E-state index in [4.69, 9.17) is 0 Å². The van der Waals surface area contributed by atoms with Crippen LogP contribution in [0.3, 0.4) is 0 Å². The zero-order chi connectivity index (χ0) is 14.8. The van der Waals surface area contributed by atoms with E-state index in [9.17, 15) is 9.59 Å². The number of piperidine rings is 1. The molecule has 0 N–H and O–H groups in total. The summed E-state index contributed by atoms with van der Waals surface area (Å²) < 4.78 is 0. The molecule has 0 radical (unpaired) electrons. The van der Waals surface area contributed by atoms with Gasteiger partial charge in [-0.15, -0.1) is 0 Å². The highest BCUT2D eigenvalue weighted by Crippen LogP contribution is 2.29. The lowest BCUT2D eigenvalue weighted by molar-refractivity contribution is -0.133. The van der Waals surface area contributed by atoms with Crippen LogP contribution in [0.5, 0.6) is 0 Å². The normalized spacial score (nSPS) is 21.9. The van der Waals surface area contributed by atoms with E-state index in [-0.39, 0.29) is 17.7 Å². The Hall–Kier alpha value is -1.84. The first-order chi connectivity index (χ1) is 10.2. The predicted octanol–water partition coefficient (Wildman–Crippen LogP) is 2.22. The van der Waals surface area contributed by atoms with E-state index in [1.54, 1.807) is 6.92 Å². The number of likely N-dealkylation sites (tertiary alicyclic amines) is 1. The van der Waals surface area contributed by atoms with Crippen LogP contribution in [0.2, 0.25) is 0 Å². The SMILES string of the molecule is CC(=O)N1CCCC(C(=O)N2CCCc3ccccc32)C1. The number of benzene rings is 1. The number of nitrogens with zero attached hydrogens (tertiary/aromatic N) is 2. The van der Waals surface area contributed by atoms with Crippen LogP contribution in [0.15, 0.2) is 24.3 Å². The number of carbonyl (C=O) groups excluding carboxylic acids is 2. The molecule has 0 spiro atoms. The monoisotopic (exact) mass is 286 g/mol. The summed E-state index contributed by atoms with van der Waals surface area (Å²) in [6.07, 6.45) is 3.88. The number of hydrogen-bond acceptors (Lipinski definition) is 2. The number of carbonyl (C=O) groups is 2. The van der Waals surface area contributed by atoms with E-state index < -0.39 is 0 Å². The van der Waals surface area contributed by atoms with Gasteiger partial charge < -0.3 is 9.80 Å². The van der Waals surface area contributed by atoms with Crippen molar-refractivity contribution in [3.63, 3.8) is 0 Å². The van der Waals surface area contributed by atoms with E-state index >= 15 is 0 Å². The third kappa shape index (κ3) is 2.80. The Morgan fingerprint density at radius 2 is 1.95 bits per heavy atom. The Bertz CT molecular complexity index is 555. The Morgan fingerprint density at radius 3 is 2.76 bits per heavy atom. The maximum atomic E-state index is 12.9. The summed E-state index contributed by atoms with van der Waals surface area (Å²) in [5, 5.41) is 0. The van der Waals surface area contributed by atoms with Crippen LogP contribution >= 0.6 is 0 Å². The molecule has 0 aromatic heterocycles. The van der Waals surface area contributed by atoms with E-state index in [2.05, 4.69) is 6.07 Å². The highest BCUT2D eigenvalue weighted by molar-refractivity contribution is 5.96. The van der Waals surface area contributed by atoms with Gasteiger partial charge in [0.1, 0.15) is 0 Å². The molecule has 21 heavy (non-hydrogen) atoms. The van der Waals surface area contributed by atoms with Crippen molar-refractivity contribution in [3.8, 4) is 0 Å². The van der Waals surface area contributed by atoms with E-state index in [0.29, 0.717) is 6.54 Å². The zero-order valence-electron chi connectivity index (χ0n) is 12.5. The molecule has 1 saturated heterocycles. The standard InChI is InChI=1S/C17H22N2O2/c1-13(20)18-10-4-8-15(12-18)17(21)19-11-5-7-14-6-2-3-9-16(14)19/h2-3,6,9,15H,4-5,7-8,10-12H2,1H3. The lowest BCUT2D eigenvalue weighted by Gasteiger charge is -2.36. The third-order valence-electron chi connectivity index (χ3n) is 4.59. The predicted molar refractivity (Wildman–Crippen MR) is 82.1 cm³/mol. The van der Waals surface area contributed by atoms with Crippen molar-refractivity contribution in [1.29, 1.82) is 0 Å². The molecular formula is C17H22N2O2. The molecule has 3 rings (SSSR count). The molecule has 112 valence electrons. The van der Waals surface area contributed by atoms with Gasteiger partial charge in [-0.05, 0) is 37.3 Å². The summed E-state index contributed by atoms with van der Waals surface area (Å²) in [6, 6.07) is 8.17. The second-order valence-corrected chi connectivity index (χ2v) is 6.03. The lowest BCUT2D eigenvalue weighted by atomic mass is 9.94. The molecule has 1 aromatic carbocycles. The van der Waals surface area contributed by atoms with E-state index in [1.807, 2.05) is 28.0 Å². The van der Waals surface area contributed by atoms with Crippen LogP contribution < -0.4 is 4.90 Å². The summed E-state index contributed by atoms with van der Waals surface area (Å²) >= 11 is 0. The van der Waals surface area contributed by atoms with Gasteiger partial charge >= 0.3 is 0 Å². The molecule has 2 amide bonds. The molecular weight excluding hydrogens is 264 g/mol. The van der Waals surface area contributed by atoms with Crippen molar-refractivity contribution in [2.75, 3.05) is 24.5 Å². The van der Waals surface area contributed by atoms with Crippen molar-refractivity contribution >= 4 is 17.5 Å². The lowest BCUT2D eigenvalue weighted by Crippen LogP contribution is -2.47. The number of anilines is 1. The largest absolute Gasteiger partial charge is 0.342 e. The van der Waals surface area contributed by atoms with Crippen molar-refractivity contribution < 1.29 is 9.59 Å². The van der Waals surface area contributed by atoms with Gasteiger partial charge in [0.05, 0.1) is 5.92 Å². The summed E-state index contributed by atoms with van der Waals surface area (Å²) in [5.74, 6) is 0.216. The van der Waals surface area contributed by atoms with Gasteiger partial charge in [-0.3, -0.25) is 9.59 Å². The smallest absolute Gasteiger partial charge is 0.231 e. The number of aryl methyl sites for hydroxylation is 1. The Kier molecular flexibility index (Phi) is 3.95. The summed E-state index contributed by atoms with van der Waals surface area (Å²) in [7, 11) is 0. The molecule has 0 saturated carbocycles. The average Bonchev–Trinajstić information content (AvgIpc) is 2.53. The fourth-order valence-corrected chi connectivity index (χ4v) is 3.45. The number of para-hydroxylation sites is 1. The molecule has 2 aliphatic heterocycles. The highest BCUT2D eigenvalue weighted by Gasteiger charge is 2.32. The second-order valence-electron chi connectivity index (χ2n) is 6.03. The Morgan fingerprint density at radius 1 is 1.14 bits per heavy atom. The molecule has 4 nitrogen and oxygen atoms in total. The van der Waals surface area contributed by atoms with Crippen LogP contribution in [-0.4, -0.2) is 36.3 Å². The summed E-state index contributed by atoms with van der Waals surface area (Å²) in [5.41, 5.74) is 2.32. The number of amides is 2. The molecule has 0 bridgehead atoms. The molecule has 1 unspecified atom stereocenters. The van der Waals surface area contributed by atoms with Crippen molar-refractivity contribution in [2.45, 2.75) is 32.6 Å². The Balaban J connectivity index is 1.78. The summed E-state index contributed by atoms with van der Waals surface area (Å²) in [6.45, 7) is 3.75. The van der Waals surface area contributed by atoms with Gasteiger partial charge in [0.2, 0.25) is 11.8 Å². The minimum atomic E-state index is -0.0474. The van der Waals surface area contributed by atoms with Gasteiger partial charge in [0, 0.05) is 32.2 Å². The number of rotatable bonds is 1. The van der Waals surface area contributed by atoms with Gasteiger partial charge in [-0.2, -0.15) is 0 Å². The van der Waals surface area contributed by atoms with Crippen LogP contribution in [0.1, 0.15) is 31.7 Å². The molecule has 4 heteroatoms. The van der Waals surface area contributed by atoms with Crippen molar-refractivity contribution in [3.05, 3.63) is 29.8 Å². The van der Waals surface area contributed by atoms with Crippen LogP contribution in [0.4, 0.5) is 5.69 Å². The first kappa shape index (κ1) is 14.1.